The first-order valence-electron chi connectivity index (χ1n) is 11.0. The van der Waals surface area contributed by atoms with Crippen LogP contribution < -0.4 is 26.7 Å². The normalized spacial score (nSPS) is 11.2. The van der Waals surface area contributed by atoms with E-state index in [2.05, 4.69) is 24.9 Å². The summed E-state index contributed by atoms with van der Waals surface area (Å²) >= 11 is 0. The number of carboxylic acid groups (broad SMARTS) is 1. The molecular weight excluding hydrogens is 478 g/mol. The fourth-order valence-corrected chi connectivity index (χ4v) is 3.26. The number of H-pyrrole nitrogens is 1. The molecule has 0 radical (unpaired) electrons. The molecule has 0 aliphatic carbocycles. The Balaban J connectivity index is 1.88. The highest BCUT2D eigenvalue weighted by Gasteiger charge is 2.24. The van der Waals surface area contributed by atoms with Gasteiger partial charge in [0.25, 0.3) is 5.88 Å². The number of imidazole rings is 1. The lowest BCUT2D eigenvalue weighted by Gasteiger charge is -2.13. The lowest BCUT2D eigenvalue weighted by molar-refractivity contribution is 0.0694. The fourth-order valence-electron chi connectivity index (χ4n) is 3.26. The van der Waals surface area contributed by atoms with Crippen LogP contribution in [0.1, 0.15) is 42.5 Å². The third-order valence-corrected chi connectivity index (χ3v) is 5.05. The Morgan fingerprint density at radius 3 is 2.41 bits per heavy atom. The molecule has 0 amide bonds. The number of para-hydroxylation sites is 2. The molecule has 0 atom stereocenters. The zero-order chi connectivity index (χ0) is 26.9. The number of guanidine groups is 1. The van der Waals surface area contributed by atoms with Gasteiger partial charge in [-0.1, -0.05) is 39.0 Å². The van der Waals surface area contributed by atoms with E-state index in [0.717, 1.165) is 0 Å². The zero-order valence-electron chi connectivity index (χ0n) is 20.2. The molecule has 0 saturated carbocycles. The Morgan fingerprint density at radius 1 is 1.03 bits per heavy atom. The standard InChI is InChI=1S/C24H25N9O4/c1-24(2,3)21-30-16-18(31-21)32-23(37-14-7-5-4-6-13(14)29-22(27)28)33-19(16)36-15-10-11(17(25)26)8-9-12(15)20(34)35/h4-10H,1-3H3,(H3,25,26)(H,34,35)(H4,27,28,29)(H,30,31,32,33). The Morgan fingerprint density at radius 2 is 1.76 bits per heavy atom. The van der Waals surface area contributed by atoms with Crippen molar-refractivity contribution in [2.45, 2.75) is 26.2 Å². The Labute approximate surface area is 210 Å². The Bertz CT molecular complexity index is 1550. The molecule has 37 heavy (non-hydrogen) atoms. The van der Waals surface area contributed by atoms with Gasteiger partial charge in [0, 0.05) is 11.0 Å². The number of aromatic carboxylic acids is 1. The Kier molecular flexibility index (Phi) is 6.36. The number of ether oxygens (including phenoxy) is 2. The van der Waals surface area contributed by atoms with Gasteiger partial charge in [-0.2, -0.15) is 9.97 Å². The van der Waals surface area contributed by atoms with E-state index in [1.807, 2.05) is 20.8 Å². The van der Waals surface area contributed by atoms with Crippen LogP contribution in [-0.4, -0.2) is 42.8 Å². The van der Waals surface area contributed by atoms with Crippen LogP contribution in [0.4, 0.5) is 5.69 Å². The molecule has 2 aromatic carbocycles. The molecule has 0 bridgehead atoms. The molecule has 9 N–H and O–H groups in total. The van der Waals surface area contributed by atoms with E-state index in [4.69, 9.17) is 32.1 Å². The van der Waals surface area contributed by atoms with Crippen LogP contribution in [0.5, 0.6) is 23.4 Å². The van der Waals surface area contributed by atoms with Gasteiger partial charge in [0.15, 0.2) is 17.4 Å². The monoisotopic (exact) mass is 503 g/mol. The van der Waals surface area contributed by atoms with E-state index in [-0.39, 0.29) is 57.4 Å². The number of hydrogen-bond acceptors (Lipinski definition) is 8. The third kappa shape index (κ3) is 5.40. The Hall–Kier alpha value is -5.20. The van der Waals surface area contributed by atoms with Gasteiger partial charge >= 0.3 is 12.0 Å². The molecule has 2 aromatic heterocycles. The second-order valence-corrected chi connectivity index (χ2v) is 8.98. The van der Waals surface area contributed by atoms with Crippen molar-refractivity contribution in [1.29, 1.82) is 5.41 Å². The van der Waals surface area contributed by atoms with Crippen LogP contribution in [0.2, 0.25) is 0 Å². The molecule has 4 aromatic rings. The summed E-state index contributed by atoms with van der Waals surface area (Å²) in [6.45, 7) is 5.88. The van der Waals surface area contributed by atoms with Gasteiger partial charge in [0.05, 0.1) is 0 Å². The molecule has 0 fully saturated rings. The summed E-state index contributed by atoms with van der Waals surface area (Å²) < 4.78 is 11.9. The maximum Gasteiger partial charge on any atom is 0.339 e. The average Bonchev–Trinajstić information content (AvgIpc) is 3.25. The topological polar surface area (TPSA) is 224 Å². The van der Waals surface area contributed by atoms with Crippen LogP contribution in [0.15, 0.2) is 47.5 Å². The number of aromatic nitrogens is 4. The van der Waals surface area contributed by atoms with Gasteiger partial charge in [0.1, 0.15) is 34.2 Å². The zero-order valence-corrected chi connectivity index (χ0v) is 20.2. The van der Waals surface area contributed by atoms with Gasteiger partial charge in [-0.3, -0.25) is 5.41 Å². The highest BCUT2D eigenvalue weighted by molar-refractivity contribution is 5.98. The van der Waals surface area contributed by atoms with Crippen molar-refractivity contribution < 1.29 is 19.4 Å². The summed E-state index contributed by atoms with van der Waals surface area (Å²) in [6.07, 6.45) is 0. The van der Waals surface area contributed by atoms with E-state index in [9.17, 15) is 9.90 Å². The number of nitrogen functional groups attached to an aromatic ring is 1. The highest BCUT2D eigenvalue weighted by Crippen LogP contribution is 2.35. The third-order valence-electron chi connectivity index (χ3n) is 5.05. The molecule has 2 heterocycles. The van der Waals surface area contributed by atoms with Crippen molar-refractivity contribution in [3.05, 3.63) is 59.4 Å². The molecule has 13 nitrogen and oxygen atoms in total. The summed E-state index contributed by atoms with van der Waals surface area (Å²) in [4.78, 5) is 32.4. The number of carbonyl (C=O) groups is 1. The lowest BCUT2D eigenvalue weighted by Crippen LogP contribution is -2.21. The molecule has 0 saturated heterocycles. The fraction of sp³-hybridized carbons (Fsp3) is 0.167. The van der Waals surface area contributed by atoms with Crippen molar-refractivity contribution in [3.63, 3.8) is 0 Å². The number of rotatable bonds is 7. The second-order valence-electron chi connectivity index (χ2n) is 8.98. The molecule has 0 unspecified atom stereocenters. The minimum Gasteiger partial charge on any atom is -0.478 e. The predicted molar refractivity (Wildman–Crippen MR) is 137 cm³/mol. The first-order valence-corrected chi connectivity index (χ1v) is 11.0. The van der Waals surface area contributed by atoms with E-state index in [0.29, 0.717) is 17.0 Å². The first-order chi connectivity index (χ1) is 17.4. The van der Waals surface area contributed by atoms with Crippen LogP contribution in [0, 0.1) is 5.41 Å². The molecule has 190 valence electrons. The van der Waals surface area contributed by atoms with E-state index >= 15 is 0 Å². The number of nitrogens with one attached hydrogen (secondary N) is 2. The molecule has 0 spiro atoms. The maximum atomic E-state index is 11.9. The minimum atomic E-state index is -1.24. The number of benzene rings is 2. The number of amidine groups is 1. The molecular formula is C24H25N9O4. The van der Waals surface area contributed by atoms with Crippen molar-refractivity contribution in [2.24, 2.45) is 22.2 Å². The van der Waals surface area contributed by atoms with Gasteiger partial charge in [-0.25, -0.2) is 14.8 Å². The molecule has 0 aliphatic heterocycles. The number of fused-ring (bicyclic) bond motifs is 1. The quantitative estimate of drug-likeness (QED) is 0.159. The minimum absolute atomic E-state index is 0.0504. The van der Waals surface area contributed by atoms with Crippen molar-refractivity contribution in [1.82, 2.24) is 19.9 Å². The van der Waals surface area contributed by atoms with Crippen LogP contribution in [0.3, 0.4) is 0 Å². The maximum absolute atomic E-state index is 11.9. The number of hydrogen-bond donors (Lipinski definition) is 6. The smallest absolute Gasteiger partial charge is 0.339 e. The molecule has 13 heteroatoms. The van der Waals surface area contributed by atoms with Gasteiger partial charge in [-0.15, -0.1) is 0 Å². The summed E-state index contributed by atoms with van der Waals surface area (Å²) in [7, 11) is 0. The molecule has 4 rings (SSSR count). The number of aromatic amines is 1. The summed E-state index contributed by atoms with van der Waals surface area (Å²) in [6, 6.07) is 10.6. The van der Waals surface area contributed by atoms with Gasteiger partial charge < -0.3 is 36.8 Å². The number of aliphatic imine (C=N–C) groups is 1. The lowest BCUT2D eigenvalue weighted by atomic mass is 9.96. The van der Waals surface area contributed by atoms with Crippen LogP contribution in [0.25, 0.3) is 11.2 Å². The van der Waals surface area contributed by atoms with Crippen molar-refractivity contribution in [2.75, 3.05) is 0 Å². The first kappa shape index (κ1) is 24.9. The number of nitrogens with zero attached hydrogens (tertiary/aromatic N) is 4. The van der Waals surface area contributed by atoms with Crippen LogP contribution in [-0.2, 0) is 5.41 Å². The van der Waals surface area contributed by atoms with Crippen molar-refractivity contribution >= 4 is 34.6 Å². The SMILES string of the molecule is CC(C)(C)c1nc2nc(Oc3ccccc3N=C(N)N)nc(Oc3cc(C(=N)N)ccc3C(=O)O)c2[nH]1. The largest absolute Gasteiger partial charge is 0.478 e. The van der Waals surface area contributed by atoms with Gasteiger partial charge in [0.2, 0.25) is 0 Å². The summed E-state index contributed by atoms with van der Waals surface area (Å²) in [5, 5.41) is 17.4. The van der Waals surface area contributed by atoms with E-state index in [1.54, 1.807) is 24.3 Å². The number of nitrogens with two attached hydrogens (primary N) is 3. The molecule has 0 aliphatic rings. The van der Waals surface area contributed by atoms with Crippen LogP contribution >= 0.6 is 0 Å². The number of carboxylic acids is 1. The van der Waals surface area contributed by atoms with E-state index < -0.39 is 5.97 Å². The van der Waals surface area contributed by atoms with Gasteiger partial charge in [-0.05, 0) is 24.3 Å². The second kappa shape index (κ2) is 9.45. The van der Waals surface area contributed by atoms with E-state index in [1.165, 1.54) is 18.2 Å². The summed E-state index contributed by atoms with van der Waals surface area (Å²) in [5.74, 6) is -0.938. The summed E-state index contributed by atoms with van der Waals surface area (Å²) in [5.41, 5.74) is 17.3. The van der Waals surface area contributed by atoms with Crippen molar-refractivity contribution in [3.8, 4) is 23.4 Å². The average molecular weight is 504 g/mol. The predicted octanol–water partition coefficient (Wildman–Crippen LogP) is 3.12. The highest BCUT2D eigenvalue weighted by atomic mass is 16.5.